The fourth-order valence-electron chi connectivity index (χ4n) is 2.28. The predicted octanol–water partition coefficient (Wildman–Crippen LogP) is 2.60. The number of carbonyl (C=O) groups excluding carboxylic acids is 1. The Morgan fingerprint density at radius 2 is 2.00 bits per heavy atom. The zero-order valence-electron chi connectivity index (χ0n) is 13.4. The molecule has 0 bridgehead atoms. The van der Waals surface area contributed by atoms with E-state index in [1.807, 2.05) is 47.9 Å². The number of nitrogens with two attached hydrogens (primary N) is 1. The molecule has 0 unspecified atom stereocenters. The second-order valence-electron chi connectivity index (χ2n) is 5.33. The Bertz CT molecular complexity index is 862. The van der Waals surface area contributed by atoms with Gasteiger partial charge in [-0.1, -0.05) is 30.0 Å². The maximum Gasteiger partial charge on any atom is 0.230 e. The molecular formula is C17H17N5OS. The summed E-state index contributed by atoms with van der Waals surface area (Å²) in [7, 11) is 0. The molecule has 0 radical (unpaired) electrons. The second-order valence-corrected chi connectivity index (χ2v) is 6.64. The van der Waals surface area contributed by atoms with Gasteiger partial charge in [0.05, 0.1) is 10.9 Å². The number of aryl methyl sites for hydroxylation is 1. The number of benzene rings is 1. The van der Waals surface area contributed by atoms with Crippen molar-refractivity contribution in [3.8, 4) is 17.1 Å². The number of amides is 1. The molecule has 7 heteroatoms. The van der Waals surface area contributed by atoms with Crippen molar-refractivity contribution < 1.29 is 4.79 Å². The minimum atomic E-state index is -0.404. The Balaban J connectivity index is 2.16. The summed E-state index contributed by atoms with van der Waals surface area (Å²) >= 11 is 1.29. The van der Waals surface area contributed by atoms with Gasteiger partial charge < -0.3 is 5.73 Å². The summed E-state index contributed by atoms with van der Waals surface area (Å²) in [6.07, 6.45) is 3.45. The van der Waals surface area contributed by atoms with Gasteiger partial charge in [-0.05, 0) is 37.6 Å². The molecule has 1 atom stereocenters. The average Bonchev–Trinajstić information content (AvgIpc) is 2.99. The standard InChI is InChI=1S/C17H17N5OS/c1-11-6-3-4-8-14(11)22-16(13-7-5-9-19-10-13)20-21-17(22)24-12(2)15(18)23/h3-10,12H,1-2H3,(H2,18,23)/t12-/m0/s1. The first-order valence-electron chi connectivity index (χ1n) is 7.45. The van der Waals surface area contributed by atoms with Crippen LogP contribution < -0.4 is 5.73 Å². The number of hydrogen-bond donors (Lipinski definition) is 1. The zero-order valence-corrected chi connectivity index (χ0v) is 14.2. The molecule has 2 heterocycles. The molecule has 0 aliphatic rings. The number of pyridine rings is 1. The minimum Gasteiger partial charge on any atom is -0.369 e. The quantitative estimate of drug-likeness (QED) is 0.722. The summed E-state index contributed by atoms with van der Waals surface area (Å²) in [6, 6.07) is 11.7. The molecule has 0 saturated carbocycles. The number of aromatic nitrogens is 4. The molecule has 2 N–H and O–H groups in total. The van der Waals surface area contributed by atoms with Gasteiger partial charge in [0.1, 0.15) is 0 Å². The highest BCUT2D eigenvalue weighted by molar-refractivity contribution is 8.00. The van der Waals surface area contributed by atoms with E-state index in [0.717, 1.165) is 16.8 Å². The number of thioether (sulfide) groups is 1. The Morgan fingerprint density at radius 1 is 1.21 bits per heavy atom. The fraction of sp³-hybridized carbons (Fsp3) is 0.176. The summed E-state index contributed by atoms with van der Waals surface area (Å²) in [6.45, 7) is 3.78. The van der Waals surface area contributed by atoms with Crippen molar-refractivity contribution in [3.05, 3.63) is 54.4 Å². The van der Waals surface area contributed by atoms with Gasteiger partial charge in [0, 0.05) is 18.0 Å². The highest BCUT2D eigenvalue weighted by atomic mass is 32.2. The Morgan fingerprint density at radius 3 is 2.67 bits per heavy atom. The highest BCUT2D eigenvalue weighted by Crippen LogP contribution is 2.30. The molecule has 6 nitrogen and oxygen atoms in total. The number of rotatable bonds is 5. The monoisotopic (exact) mass is 339 g/mol. The fourth-order valence-corrected chi connectivity index (χ4v) is 3.09. The maximum atomic E-state index is 11.4. The van der Waals surface area contributed by atoms with Crippen LogP contribution in [0.5, 0.6) is 0 Å². The summed E-state index contributed by atoms with van der Waals surface area (Å²) in [5.74, 6) is 0.291. The van der Waals surface area contributed by atoms with Crippen LogP contribution in [0.2, 0.25) is 0 Å². The lowest BCUT2D eigenvalue weighted by molar-refractivity contribution is -0.117. The van der Waals surface area contributed by atoms with Crippen molar-refractivity contribution in [2.75, 3.05) is 0 Å². The lowest BCUT2D eigenvalue weighted by Crippen LogP contribution is -2.23. The van der Waals surface area contributed by atoms with E-state index in [1.165, 1.54) is 11.8 Å². The van der Waals surface area contributed by atoms with Gasteiger partial charge in [-0.2, -0.15) is 0 Å². The third-order valence-corrected chi connectivity index (χ3v) is 4.65. The maximum absolute atomic E-state index is 11.4. The number of carbonyl (C=O) groups is 1. The Kier molecular flexibility index (Phi) is 4.61. The third-order valence-electron chi connectivity index (χ3n) is 3.59. The third kappa shape index (κ3) is 3.16. The number of primary amides is 1. The lowest BCUT2D eigenvalue weighted by atomic mass is 10.2. The minimum absolute atomic E-state index is 0.387. The zero-order chi connectivity index (χ0) is 17.1. The highest BCUT2D eigenvalue weighted by Gasteiger charge is 2.21. The normalized spacial score (nSPS) is 12.1. The molecule has 0 fully saturated rings. The van der Waals surface area contributed by atoms with Gasteiger partial charge in [0.25, 0.3) is 0 Å². The van der Waals surface area contributed by atoms with E-state index in [9.17, 15) is 4.79 Å². The lowest BCUT2D eigenvalue weighted by Gasteiger charge is -2.14. The van der Waals surface area contributed by atoms with Crippen LogP contribution in [-0.4, -0.2) is 30.9 Å². The first-order valence-corrected chi connectivity index (χ1v) is 8.33. The van der Waals surface area contributed by atoms with Crippen LogP contribution in [0.3, 0.4) is 0 Å². The van der Waals surface area contributed by atoms with Crippen molar-refractivity contribution in [2.45, 2.75) is 24.3 Å². The molecule has 0 spiro atoms. The van der Waals surface area contributed by atoms with Crippen LogP contribution in [0.4, 0.5) is 0 Å². The first kappa shape index (κ1) is 16.2. The summed E-state index contributed by atoms with van der Waals surface area (Å²) in [4.78, 5) is 15.6. The van der Waals surface area contributed by atoms with E-state index in [-0.39, 0.29) is 5.91 Å². The van der Waals surface area contributed by atoms with Gasteiger partial charge in [-0.3, -0.25) is 14.3 Å². The van der Waals surface area contributed by atoms with Gasteiger partial charge >= 0.3 is 0 Å². The second kappa shape index (κ2) is 6.84. The van der Waals surface area contributed by atoms with Crippen LogP contribution in [0.15, 0.2) is 53.9 Å². The molecule has 1 aromatic carbocycles. The van der Waals surface area contributed by atoms with Crippen molar-refractivity contribution in [3.63, 3.8) is 0 Å². The summed E-state index contributed by atoms with van der Waals surface area (Å²) in [5.41, 5.74) is 8.29. The predicted molar refractivity (Wildman–Crippen MR) is 93.8 cm³/mol. The van der Waals surface area contributed by atoms with E-state index in [2.05, 4.69) is 15.2 Å². The molecule has 0 saturated heterocycles. The van der Waals surface area contributed by atoms with Crippen molar-refractivity contribution in [1.29, 1.82) is 0 Å². The van der Waals surface area contributed by atoms with Crippen LogP contribution in [0.25, 0.3) is 17.1 Å². The molecule has 3 aromatic rings. The van der Waals surface area contributed by atoms with Crippen molar-refractivity contribution in [2.24, 2.45) is 5.73 Å². The first-order chi connectivity index (χ1) is 11.6. The molecule has 2 aromatic heterocycles. The molecule has 24 heavy (non-hydrogen) atoms. The van der Waals surface area contributed by atoms with Crippen LogP contribution in [-0.2, 0) is 4.79 Å². The van der Waals surface area contributed by atoms with Crippen LogP contribution >= 0.6 is 11.8 Å². The van der Waals surface area contributed by atoms with Gasteiger partial charge in [0.15, 0.2) is 11.0 Å². The Hall–Kier alpha value is -2.67. The van der Waals surface area contributed by atoms with E-state index < -0.39 is 5.25 Å². The smallest absolute Gasteiger partial charge is 0.230 e. The van der Waals surface area contributed by atoms with Crippen LogP contribution in [0.1, 0.15) is 12.5 Å². The molecule has 1 amide bonds. The average molecular weight is 339 g/mol. The van der Waals surface area contributed by atoms with Gasteiger partial charge in [-0.25, -0.2) is 0 Å². The molecule has 0 aliphatic heterocycles. The van der Waals surface area contributed by atoms with E-state index >= 15 is 0 Å². The number of para-hydroxylation sites is 1. The molecule has 3 rings (SSSR count). The van der Waals surface area contributed by atoms with Gasteiger partial charge in [0.2, 0.25) is 5.91 Å². The van der Waals surface area contributed by atoms with E-state index in [0.29, 0.717) is 11.0 Å². The number of hydrogen-bond acceptors (Lipinski definition) is 5. The van der Waals surface area contributed by atoms with Crippen molar-refractivity contribution >= 4 is 17.7 Å². The van der Waals surface area contributed by atoms with Crippen LogP contribution in [0, 0.1) is 6.92 Å². The van der Waals surface area contributed by atoms with Crippen molar-refractivity contribution in [1.82, 2.24) is 19.7 Å². The molecular weight excluding hydrogens is 322 g/mol. The Labute approximate surface area is 144 Å². The SMILES string of the molecule is Cc1ccccc1-n1c(S[C@@H](C)C(N)=O)nnc1-c1cccnc1. The van der Waals surface area contributed by atoms with E-state index in [4.69, 9.17) is 5.73 Å². The largest absolute Gasteiger partial charge is 0.369 e. The molecule has 0 aliphatic carbocycles. The van der Waals surface area contributed by atoms with Gasteiger partial charge in [-0.15, -0.1) is 10.2 Å². The molecule has 122 valence electrons. The summed E-state index contributed by atoms with van der Waals surface area (Å²) in [5, 5.41) is 8.80. The van der Waals surface area contributed by atoms with E-state index in [1.54, 1.807) is 19.3 Å². The number of nitrogens with zero attached hydrogens (tertiary/aromatic N) is 4. The summed E-state index contributed by atoms with van der Waals surface area (Å²) < 4.78 is 1.94. The topological polar surface area (TPSA) is 86.7 Å².